The van der Waals surface area contributed by atoms with E-state index in [1.165, 1.54) is 19.1 Å². The molecule has 3 atom stereocenters. The highest BCUT2D eigenvalue weighted by Crippen LogP contribution is 2.52. The van der Waals surface area contributed by atoms with Gasteiger partial charge in [0.15, 0.2) is 0 Å². The van der Waals surface area contributed by atoms with Gasteiger partial charge in [0.1, 0.15) is 0 Å². The number of alkyl halides is 1. The van der Waals surface area contributed by atoms with Gasteiger partial charge in [0, 0.05) is 31.0 Å². The Kier molecular flexibility index (Phi) is 4.57. The summed E-state index contributed by atoms with van der Waals surface area (Å²) in [6, 6.07) is 0. The molecule has 3 rings (SSSR count). The highest BCUT2D eigenvalue weighted by atomic mass is 35.5. The molecule has 2 saturated heterocycles. The molecule has 0 radical (unpaired) electrons. The summed E-state index contributed by atoms with van der Waals surface area (Å²) in [5.41, 5.74) is 0.0773. The van der Waals surface area contributed by atoms with E-state index in [4.69, 9.17) is 16.3 Å². The third-order valence-corrected chi connectivity index (χ3v) is 7.27. The van der Waals surface area contributed by atoms with Crippen LogP contribution in [0.4, 0.5) is 0 Å². The van der Waals surface area contributed by atoms with Crippen molar-refractivity contribution in [2.24, 2.45) is 17.3 Å². The van der Waals surface area contributed by atoms with Crippen molar-refractivity contribution in [1.82, 2.24) is 4.31 Å². The quantitative estimate of drug-likeness (QED) is 0.725. The number of ether oxygens (including phenoxy) is 1. The fourth-order valence-electron chi connectivity index (χ4n) is 4.23. The van der Waals surface area contributed by atoms with Gasteiger partial charge in [0.2, 0.25) is 10.0 Å². The van der Waals surface area contributed by atoms with Crippen molar-refractivity contribution in [2.45, 2.75) is 44.6 Å². The predicted molar refractivity (Wildman–Crippen MR) is 84.0 cm³/mol. The van der Waals surface area contributed by atoms with E-state index < -0.39 is 10.0 Å². The number of rotatable bonds is 5. The number of hydrogen-bond acceptors (Lipinski definition) is 3. The molecule has 3 fully saturated rings. The third kappa shape index (κ3) is 3.41. The summed E-state index contributed by atoms with van der Waals surface area (Å²) in [6.45, 7) is 2.15. The van der Waals surface area contributed by atoms with E-state index in [0.29, 0.717) is 36.9 Å². The third-order valence-electron chi connectivity index (χ3n) is 5.46. The Labute approximate surface area is 133 Å². The molecule has 2 aliphatic heterocycles. The molecule has 0 bridgehead atoms. The van der Waals surface area contributed by atoms with Crippen molar-refractivity contribution in [3.8, 4) is 0 Å². The number of hydrogen-bond donors (Lipinski definition) is 0. The fraction of sp³-hybridized carbons (Fsp3) is 1.00. The first-order valence-electron chi connectivity index (χ1n) is 8.07. The summed E-state index contributed by atoms with van der Waals surface area (Å²) < 4.78 is 31.2. The highest BCUT2D eigenvalue weighted by Gasteiger charge is 2.51. The molecule has 0 aromatic heterocycles. The molecule has 3 unspecified atom stereocenters. The highest BCUT2D eigenvalue weighted by molar-refractivity contribution is 7.88. The zero-order valence-corrected chi connectivity index (χ0v) is 14.3. The van der Waals surface area contributed by atoms with Gasteiger partial charge in [-0.2, -0.15) is 0 Å². The van der Waals surface area contributed by atoms with Crippen LogP contribution in [-0.4, -0.2) is 50.7 Å². The van der Waals surface area contributed by atoms with Crippen LogP contribution in [0.3, 0.4) is 0 Å². The SMILES string of the molecule is CS(=O)(=O)N1CCCC(CC2(CCl)CCOC2C2CC2)C1. The molecule has 0 aromatic carbocycles. The van der Waals surface area contributed by atoms with Crippen LogP contribution in [0, 0.1) is 17.3 Å². The molecule has 6 heteroatoms. The molecule has 0 N–H and O–H groups in total. The fourth-order valence-corrected chi connectivity index (χ4v) is 5.57. The summed E-state index contributed by atoms with van der Waals surface area (Å²) in [5, 5.41) is 0. The van der Waals surface area contributed by atoms with Crippen LogP contribution in [0.1, 0.15) is 38.5 Å². The summed E-state index contributed by atoms with van der Waals surface area (Å²) in [6.07, 6.45) is 8.29. The Bertz CT molecular complexity index is 479. The van der Waals surface area contributed by atoms with Crippen molar-refractivity contribution in [3.05, 3.63) is 0 Å². The van der Waals surface area contributed by atoms with Gasteiger partial charge in [-0.25, -0.2) is 12.7 Å². The van der Waals surface area contributed by atoms with Gasteiger partial charge >= 0.3 is 0 Å². The molecule has 3 aliphatic rings. The predicted octanol–water partition coefficient (Wildman–Crippen LogP) is 2.47. The second-order valence-corrected chi connectivity index (χ2v) is 9.46. The first kappa shape index (κ1) is 16.0. The van der Waals surface area contributed by atoms with E-state index in [1.807, 2.05) is 0 Å². The van der Waals surface area contributed by atoms with Gasteiger partial charge in [0.25, 0.3) is 0 Å². The van der Waals surface area contributed by atoms with E-state index in [0.717, 1.165) is 32.3 Å². The zero-order chi connectivity index (χ0) is 15.1. The topological polar surface area (TPSA) is 46.6 Å². The zero-order valence-electron chi connectivity index (χ0n) is 12.8. The van der Waals surface area contributed by atoms with E-state index in [1.54, 1.807) is 4.31 Å². The van der Waals surface area contributed by atoms with Crippen molar-refractivity contribution in [3.63, 3.8) is 0 Å². The number of sulfonamides is 1. The maximum atomic E-state index is 11.8. The lowest BCUT2D eigenvalue weighted by Gasteiger charge is -2.39. The van der Waals surface area contributed by atoms with Crippen LogP contribution in [0.15, 0.2) is 0 Å². The Hall–Kier alpha value is 0.160. The Balaban J connectivity index is 1.69. The smallest absolute Gasteiger partial charge is 0.211 e. The van der Waals surface area contributed by atoms with Gasteiger partial charge in [0.05, 0.1) is 12.4 Å². The monoisotopic (exact) mass is 335 g/mol. The minimum atomic E-state index is -3.07. The maximum absolute atomic E-state index is 11.8. The average molecular weight is 336 g/mol. The molecule has 21 heavy (non-hydrogen) atoms. The largest absolute Gasteiger partial charge is 0.377 e. The Morgan fingerprint density at radius 2 is 2.10 bits per heavy atom. The molecule has 0 spiro atoms. The lowest BCUT2D eigenvalue weighted by molar-refractivity contribution is 0.0250. The first-order valence-corrected chi connectivity index (χ1v) is 10.5. The first-order chi connectivity index (χ1) is 9.94. The van der Waals surface area contributed by atoms with Crippen molar-refractivity contribution < 1.29 is 13.2 Å². The minimum Gasteiger partial charge on any atom is -0.377 e. The molecule has 0 aromatic rings. The van der Waals surface area contributed by atoms with Crippen LogP contribution in [0.5, 0.6) is 0 Å². The van der Waals surface area contributed by atoms with Crippen LogP contribution >= 0.6 is 11.6 Å². The van der Waals surface area contributed by atoms with Crippen LogP contribution in [0.2, 0.25) is 0 Å². The van der Waals surface area contributed by atoms with Gasteiger partial charge < -0.3 is 4.74 Å². The van der Waals surface area contributed by atoms with E-state index in [2.05, 4.69) is 0 Å². The Morgan fingerprint density at radius 1 is 1.33 bits per heavy atom. The number of piperidine rings is 1. The number of halogens is 1. The minimum absolute atomic E-state index is 0.0773. The van der Waals surface area contributed by atoms with Crippen molar-refractivity contribution >= 4 is 21.6 Å². The lowest BCUT2D eigenvalue weighted by Crippen LogP contribution is -2.43. The number of nitrogens with zero attached hydrogens (tertiary/aromatic N) is 1. The molecular weight excluding hydrogens is 310 g/mol. The molecule has 1 aliphatic carbocycles. The van der Waals surface area contributed by atoms with Gasteiger partial charge in [-0.1, -0.05) is 0 Å². The summed E-state index contributed by atoms with van der Waals surface area (Å²) >= 11 is 6.36. The lowest BCUT2D eigenvalue weighted by atomic mass is 9.72. The summed E-state index contributed by atoms with van der Waals surface area (Å²) in [4.78, 5) is 0. The van der Waals surface area contributed by atoms with Crippen LogP contribution in [0.25, 0.3) is 0 Å². The molecule has 4 nitrogen and oxygen atoms in total. The van der Waals surface area contributed by atoms with E-state index in [-0.39, 0.29) is 5.41 Å². The summed E-state index contributed by atoms with van der Waals surface area (Å²) in [5.74, 6) is 1.76. The molecule has 1 saturated carbocycles. The van der Waals surface area contributed by atoms with Gasteiger partial charge in [-0.3, -0.25) is 0 Å². The van der Waals surface area contributed by atoms with Crippen LogP contribution in [-0.2, 0) is 14.8 Å². The average Bonchev–Trinajstić information content (AvgIpc) is 3.20. The summed E-state index contributed by atoms with van der Waals surface area (Å²) in [7, 11) is -3.07. The maximum Gasteiger partial charge on any atom is 0.211 e. The second kappa shape index (κ2) is 5.99. The van der Waals surface area contributed by atoms with E-state index >= 15 is 0 Å². The van der Waals surface area contributed by atoms with Crippen molar-refractivity contribution in [1.29, 1.82) is 0 Å². The molecular formula is C15H26ClNO3S. The van der Waals surface area contributed by atoms with Gasteiger partial charge in [-0.15, -0.1) is 11.6 Å². The second-order valence-electron chi connectivity index (χ2n) is 7.21. The molecule has 2 heterocycles. The normalized spacial score (nSPS) is 38.8. The standard InChI is InChI=1S/C15H26ClNO3S/c1-21(18,19)17-7-2-3-12(10-17)9-15(11-16)6-8-20-14(15)13-4-5-13/h12-14H,2-11H2,1H3. The van der Waals surface area contributed by atoms with Gasteiger partial charge in [-0.05, 0) is 50.4 Å². The van der Waals surface area contributed by atoms with Crippen molar-refractivity contribution in [2.75, 3.05) is 31.8 Å². The molecule has 122 valence electrons. The molecule has 0 amide bonds. The van der Waals surface area contributed by atoms with E-state index in [9.17, 15) is 8.42 Å². The van der Waals surface area contributed by atoms with Crippen LogP contribution < -0.4 is 0 Å². The Morgan fingerprint density at radius 3 is 2.71 bits per heavy atom.